The fourth-order valence-electron chi connectivity index (χ4n) is 5.25. The molecule has 0 heterocycles. The van der Waals surface area contributed by atoms with Gasteiger partial charge in [-0.2, -0.15) is 0 Å². The van der Waals surface area contributed by atoms with Gasteiger partial charge in [-0.15, -0.1) is 0 Å². The summed E-state index contributed by atoms with van der Waals surface area (Å²) in [5.41, 5.74) is 5.20. The molecule has 0 fully saturated rings. The topological polar surface area (TPSA) is 57.5 Å². The number of aliphatic carboxylic acids is 1. The molecule has 33 heavy (non-hydrogen) atoms. The van der Waals surface area contributed by atoms with E-state index < -0.39 is 23.6 Å². The van der Waals surface area contributed by atoms with Crippen LogP contribution in [0.3, 0.4) is 0 Å². The number of carboxylic acids is 1. The van der Waals surface area contributed by atoms with Crippen molar-refractivity contribution >= 4 is 33.9 Å². The second-order valence-electron chi connectivity index (χ2n) is 10.6. The van der Waals surface area contributed by atoms with E-state index in [0.717, 1.165) is 23.1 Å². The smallest absolute Gasteiger partial charge is 0.307 e. The Balaban J connectivity index is 0.000000331. The van der Waals surface area contributed by atoms with E-state index in [2.05, 4.69) is 91.8 Å². The van der Waals surface area contributed by atoms with Crippen molar-refractivity contribution in [2.45, 2.75) is 90.4 Å². The zero-order valence-corrected chi connectivity index (χ0v) is 24.3. The van der Waals surface area contributed by atoms with Gasteiger partial charge in [0.05, 0.1) is 24.0 Å². The normalized spacial score (nSPS) is 11.6. The summed E-state index contributed by atoms with van der Waals surface area (Å²) in [5, 5.41) is 20.8. The lowest BCUT2D eigenvalue weighted by Gasteiger charge is -2.24. The molecule has 0 aliphatic rings. The number of hydrogen-bond donors (Lipinski definition) is 2. The van der Waals surface area contributed by atoms with Gasteiger partial charge in [-0.25, -0.2) is 0 Å². The Labute approximate surface area is 205 Å². The van der Waals surface area contributed by atoms with Crippen LogP contribution < -0.4 is 10.4 Å². The summed E-state index contributed by atoms with van der Waals surface area (Å²) in [7, 11) is -1.88. The first kappa shape index (κ1) is 29.3. The summed E-state index contributed by atoms with van der Waals surface area (Å²) >= 11 is 0. The van der Waals surface area contributed by atoms with Gasteiger partial charge >= 0.3 is 5.97 Å². The molecule has 3 nitrogen and oxygen atoms in total. The van der Waals surface area contributed by atoms with Gasteiger partial charge in [0.15, 0.2) is 0 Å². The predicted octanol–water partition coefficient (Wildman–Crippen LogP) is 5.04. The van der Waals surface area contributed by atoms with Crippen LogP contribution in [0.25, 0.3) is 0 Å². The molecule has 5 heteroatoms. The fraction of sp³-hybridized carbons (Fsp3) is 0.536. The number of rotatable bonds is 10. The van der Waals surface area contributed by atoms with E-state index >= 15 is 0 Å². The van der Waals surface area contributed by atoms with Gasteiger partial charge in [0.25, 0.3) is 0 Å². The highest BCUT2D eigenvalue weighted by molar-refractivity contribution is 6.76. The quantitative estimate of drug-likeness (QED) is 0.462. The van der Waals surface area contributed by atoms with Gasteiger partial charge in [-0.3, -0.25) is 4.79 Å². The summed E-state index contributed by atoms with van der Waals surface area (Å²) < 4.78 is 0. The van der Waals surface area contributed by atoms with Crippen LogP contribution in [-0.4, -0.2) is 40.4 Å². The molecular weight excluding hydrogens is 440 g/mol. The molecule has 0 aromatic heterocycles. The average Bonchev–Trinajstić information content (AvgIpc) is 2.68. The minimum atomic E-state index is -1.01. The minimum absolute atomic E-state index is 0.130. The summed E-state index contributed by atoms with van der Waals surface area (Å²) in [5.74, 6) is -0.755. The number of hydrogen-bond acceptors (Lipinski definition) is 2. The molecule has 0 saturated carbocycles. The lowest BCUT2D eigenvalue weighted by molar-refractivity contribution is -0.136. The van der Waals surface area contributed by atoms with Crippen LogP contribution in [0, 0.1) is 0 Å². The molecule has 0 amide bonds. The molecule has 0 radical (unpaired) electrons. The molecule has 0 saturated heterocycles. The Morgan fingerprint density at radius 1 is 0.727 bits per heavy atom. The Hall–Kier alpha value is -1.70. The maximum atomic E-state index is 10.7. The van der Waals surface area contributed by atoms with Crippen molar-refractivity contribution in [3.63, 3.8) is 0 Å². The molecule has 0 unspecified atom stereocenters. The molecule has 2 rings (SSSR count). The molecule has 0 atom stereocenters. The first-order valence-corrected chi connectivity index (χ1v) is 16.3. The summed E-state index contributed by atoms with van der Waals surface area (Å²) in [6.45, 7) is 18.7. The lowest BCUT2D eigenvalue weighted by Crippen LogP contribution is -2.36. The van der Waals surface area contributed by atoms with Crippen LogP contribution >= 0.6 is 0 Å². The van der Waals surface area contributed by atoms with Crippen LogP contribution in [0.15, 0.2) is 48.5 Å². The SMILES string of the molecule is CC(C)[SiH](c1cccc(CC(=O)O)c1)C(C)C.CC(C)[SiH](c1cccc(CCO)c1)C(C)C. The van der Waals surface area contributed by atoms with Gasteiger partial charge in [-0.05, 0) is 39.7 Å². The maximum absolute atomic E-state index is 10.7. The maximum Gasteiger partial charge on any atom is 0.307 e. The van der Waals surface area contributed by atoms with Crippen molar-refractivity contribution in [2.75, 3.05) is 6.61 Å². The van der Waals surface area contributed by atoms with Crippen molar-refractivity contribution in [1.29, 1.82) is 0 Å². The van der Waals surface area contributed by atoms with E-state index in [9.17, 15) is 4.79 Å². The molecule has 0 aliphatic carbocycles. The van der Waals surface area contributed by atoms with Gasteiger partial charge < -0.3 is 10.2 Å². The van der Waals surface area contributed by atoms with E-state index in [1.54, 1.807) is 5.19 Å². The first-order valence-electron chi connectivity index (χ1n) is 12.5. The van der Waals surface area contributed by atoms with Crippen molar-refractivity contribution in [3.05, 3.63) is 59.7 Å². The highest BCUT2D eigenvalue weighted by Crippen LogP contribution is 2.21. The predicted molar refractivity (Wildman–Crippen MR) is 149 cm³/mol. The van der Waals surface area contributed by atoms with Crippen LogP contribution in [-0.2, 0) is 17.6 Å². The Kier molecular flexibility index (Phi) is 12.9. The third-order valence-electron chi connectivity index (χ3n) is 6.30. The van der Waals surface area contributed by atoms with Crippen molar-refractivity contribution in [3.8, 4) is 0 Å². The molecule has 2 aromatic carbocycles. The van der Waals surface area contributed by atoms with Gasteiger partial charge in [0.1, 0.15) is 0 Å². The monoisotopic (exact) mass is 486 g/mol. The third kappa shape index (κ3) is 9.99. The zero-order valence-electron chi connectivity index (χ0n) is 22.0. The molecule has 0 aliphatic heterocycles. The van der Waals surface area contributed by atoms with Gasteiger partial charge in [-0.1, -0.05) is 114 Å². The Bertz CT molecular complexity index is 831. The molecule has 2 aromatic rings. The molecule has 2 N–H and O–H groups in total. The second-order valence-corrected chi connectivity index (χ2v) is 19.3. The van der Waals surface area contributed by atoms with Gasteiger partial charge in [0.2, 0.25) is 0 Å². The number of benzene rings is 2. The van der Waals surface area contributed by atoms with Crippen molar-refractivity contribution < 1.29 is 15.0 Å². The minimum Gasteiger partial charge on any atom is -0.481 e. The first-order chi connectivity index (χ1) is 15.5. The number of carboxylic acid groups (broad SMARTS) is 1. The fourth-order valence-corrected chi connectivity index (χ4v) is 12.9. The standard InChI is InChI=1S/C14H22O2Si.C14H24OSi/c1-10(2)17(11(3)4)13-7-5-6-12(8-13)9-14(15)16;1-11(2)16(12(3)4)14-7-5-6-13(10-14)8-9-15/h5-8,10-11,17H,9H2,1-4H3,(H,15,16);5-7,10-12,15-16H,8-9H2,1-4H3. The van der Waals surface area contributed by atoms with Crippen molar-refractivity contribution in [1.82, 2.24) is 0 Å². The second kappa shape index (κ2) is 14.5. The van der Waals surface area contributed by atoms with E-state index in [0.29, 0.717) is 11.1 Å². The molecule has 0 bridgehead atoms. The van der Waals surface area contributed by atoms with E-state index in [1.165, 1.54) is 10.8 Å². The molecule has 184 valence electrons. The van der Waals surface area contributed by atoms with E-state index in [4.69, 9.17) is 10.2 Å². The number of carbonyl (C=O) groups is 1. The van der Waals surface area contributed by atoms with E-state index in [1.807, 2.05) is 12.1 Å². The summed E-state index contributed by atoms with van der Waals surface area (Å²) in [6.07, 6.45) is 0.913. The molecular formula is C28H46O3Si2. The van der Waals surface area contributed by atoms with Gasteiger partial charge in [0, 0.05) is 6.61 Å². The largest absolute Gasteiger partial charge is 0.481 e. The highest BCUT2D eigenvalue weighted by Gasteiger charge is 2.22. The van der Waals surface area contributed by atoms with Crippen LogP contribution in [0.1, 0.15) is 66.5 Å². The summed E-state index contributed by atoms with van der Waals surface area (Å²) in [4.78, 5) is 10.7. The average molecular weight is 487 g/mol. The third-order valence-corrected chi connectivity index (χ3v) is 14.3. The Morgan fingerprint density at radius 2 is 1.12 bits per heavy atom. The van der Waals surface area contributed by atoms with Crippen LogP contribution in [0.5, 0.6) is 0 Å². The van der Waals surface area contributed by atoms with Crippen LogP contribution in [0.4, 0.5) is 0 Å². The Morgan fingerprint density at radius 3 is 1.48 bits per heavy atom. The highest BCUT2D eigenvalue weighted by atomic mass is 28.3. The number of aliphatic hydroxyl groups is 1. The summed E-state index contributed by atoms with van der Waals surface area (Å²) in [6, 6.07) is 17.0. The van der Waals surface area contributed by atoms with Crippen molar-refractivity contribution in [2.24, 2.45) is 0 Å². The van der Waals surface area contributed by atoms with E-state index in [-0.39, 0.29) is 13.0 Å². The molecule has 0 spiro atoms. The van der Waals surface area contributed by atoms with Crippen LogP contribution in [0.2, 0.25) is 22.2 Å². The lowest BCUT2D eigenvalue weighted by atomic mass is 10.1. The zero-order chi connectivity index (χ0) is 25.1. The number of aliphatic hydroxyl groups excluding tert-OH is 1.